The first-order valence-electron chi connectivity index (χ1n) is 3.25. The quantitative estimate of drug-likeness (QED) is 0.514. The molecule has 0 saturated carbocycles. The van der Waals surface area contributed by atoms with Gasteiger partial charge in [-0.25, -0.2) is 4.79 Å². The van der Waals surface area contributed by atoms with Crippen molar-refractivity contribution in [3.63, 3.8) is 0 Å². The standard InChI is InChI=1S/C6H11NO3/c1-10-6(9)7-3-2-5(8)4-7/h5,8H,2-4H2,1H3/t5-/m1/s1. The summed E-state index contributed by atoms with van der Waals surface area (Å²) in [6, 6.07) is 0. The van der Waals surface area contributed by atoms with Crippen LogP contribution < -0.4 is 0 Å². The van der Waals surface area contributed by atoms with E-state index in [1.165, 1.54) is 12.0 Å². The van der Waals surface area contributed by atoms with Crippen molar-refractivity contribution >= 4 is 6.09 Å². The molecule has 58 valence electrons. The number of carbonyl (C=O) groups is 1. The van der Waals surface area contributed by atoms with Crippen LogP contribution in [0.1, 0.15) is 6.42 Å². The van der Waals surface area contributed by atoms with E-state index in [-0.39, 0.29) is 12.2 Å². The van der Waals surface area contributed by atoms with Crippen LogP contribution in [0.4, 0.5) is 4.79 Å². The molecule has 1 rings (SSSR count). The molecule has 0 aromatic carbocycles. The Bertz CT molecular complexity index is 137. The van der Waals surface area contributed by atoms with Gasteiger partial charge in [0, 0.05) is 13.1 Å². The molecule has 1 aliphatic heterocycles. The van der Waals surface area contributed by atoms with Crippen LogP contribution in [0.5, 0.6) is 0 Å². The van der Waals surface area contributed by atoms with Crippen molar-refractivity contribution < 1.29 is 14.6 Å². The smallest absolute Gasteiger partial charge is 0.409 e. The molecule has 1 saturated heterocycles. The van der Waals surface area contributed by atoms with Crippen molar-refractivity contribution in [2.75, 3.05) is 20.2 Å². The second kappa shape index (κ2) is 2.88. The van der Waals surface area contributed by atoms with Crippen molar-refractivity contribution in [1.29, 1.82) is 0 Å². The maximum absolute atomic E-state index is 10.8. The van der Waals surface area contributed by atoms with E-state index in [4.69, 9.17) is 5.11 Å². The number of hydrogen-bond acceptors (Lipinski definition) is 3. The highest BCUT2D eigenvalue weighted by molar-refractivity contribution is 5.67. The number of rotatable bonds is 0. The summed E-state index contributed by atoms with van der Waals surface area (Å²) in [6.07, 6.45) is -0.0506. The minimum absolute atomic E-state index is 0.350. The molecule has 0 radical (unpaired) electrons. The third-order valence-corrected chi connectivity index (χ3v) is 1.60. The summed E-state index contributed by atoms with van der Waals surface area (Å²) >= 11 is 0. The van der Waals surface area contributed by atoms with Crippen LogP contribution in [-0.2, 0) is 4.74 Å². The van der Waals surface area contributed by atoms with Crippen LogP contribution in [0.3, 0.4) is 0 Å². The third kappa shape index (κ3) is 1.39. The number of aliphatic hydroxyl groups excluding tert-OH is 1. The Morgan fingerprint density at radius 1 is 1.80 bits per heavy atom. The molecular formula is C6H11NO3. The first kappa shape index (κ1) is 7.34. The largest absolute Gasteiger partial charge is 0.453 e. The van der Waals surface area contributed by atoms with E-state index in [0.717, 1.165) is 0 Å². The lowest BCUT2D eigenvalue weighted by molar-refractivity contribution is 0.122. The maximum Gasteiger partial charge on any atom is 0.409 e. The van der Waals surface area contributed by atoms with Crippen molar-refractivity contribution in [2.45, 2.75) is 12.5 Å². The van der Waals surface area contributed by atoms with Gasteiger partial charge in [-0.3, -0.25) is 0 Å². The normalized spacial score (nSPS) is 25.0. The molecule has 1 aliphatic rings. The summed E-state index contributed by atoms with van der Waals surface area (Å²) in [5.41, 5.74) is 0. The van der Waals surface area contributed by atoms with Gasteiger partial charge in [-0.05, 0) is 6.42 Å². The molecule has 1 amide bonds. The van der Waals surface area contributed by atoms with Crippen molar-refractivity contribution in [1.82, 2.24) is 4.90 Å². The van der Waals surface area contributed by atoms with Gasteiger partial charge in [0.15, 0.2) is 0 Å². The molecule has 1 heterocycles. The van der Waals surface area contributed by atoms with Gasteiger partial charge in [0.05, 0.1) is 13.2 Å². The lowest BCUT2D eigenvalue weighted by Gasteiger charge is -2.12. The summed E-state index contributed by atoms with van der Waals surface area (Å²) in [4.78, 5) is 12.2. The Kier molecular flexibility index (Phi) is 2.11. The summed E-state index contributed by atoms with van der Waals surface area (Å²) in [5.74, 6) is 0. The van der Waals surface area contributed by atoms with Crippen molar-refractivity contribution in [3.05, 3.63) is 0 Å². The zero-order valence-electron chi connectivity index (χ0n) is 5.91. The highest BCUT2D eigenvalue weighted by Crippen LogP contribution is 2.08. The van der Waals surface area contributed by atoms with Crippen LogP contribution in [0, 0.1) is 0 Å². The molecule has 0 spiro atoms. The minimum atomic E-state index is -0.362. The molecule has 4 heteroatoms. The molecule has 1 atom stereocenters. The second-order valence-electron chi connectivity index (χ2n) is 2.36. The van der Waals surface area contributed by atoms with Crippen LogP contribution in [0.2, 0.25) is 0 Å². The lowest BCUT2D eigenvalue weighted by atomic mass is 10.3. The molecule has 0 aliphatic carbocycles. The van der Waals surface area contributed by atoms with Gasteiger partial charge in [0.2, 0.25) is 0 Å². The van der Waals surface area contributed by atoms with E-state index >= 15 is 0 Å². The fraction of sp³-hybridized carbons (Fsp3) is 0.833. The number of ether oxygens (including phenoxy) is 1. The number of likely N-dealkylation sites (tertiary alicyclic amines) is 1. The van der Waals surface area contributed by atoms with Crippen molar-refractivity contribution in [2.24, 2.45) is 0 Å². The van der Waals surface area contributed by atoms with Gasteiger partial charge in [-0.1, -0.05) is 0 Å². The monoisotopic (exact) mass is 145 g/mol. The number of methoxy groups -OCH3 is 1. The molecule has 0 aromatic rings. The first-order chi connectivity index (χ1) is 4.74. The fourth-order valence-corrected chi connectivity index (χ4v) is 1.04. The topological polar surface area (TPSA) is 49.8 Å². The number of hydrogen-bond donors (Lipinski definition) is 1. The minimum Gasteiger partial charge on any atom is -0.453 e. The van der Waals surface area contributed by atoms with Gasteiger partial charge in [-0.2, -0.15) is 0 Å². The van der Waals surface area contributed by atoms with E-state index in [0.29, 0.717) is 19.5 Å². The Morgan fingerprint density at radius 3 is 2.90 bits per heavy atom. The highest BCUT2D eigenvalue weighted by Gasteiger charge is 2.24. The Balaban J connectivity index is 2.37. The van der Waals surface area contributed by atoms with Crippen molar-refractivity contribution in [3.8, 4) is 0 Å². The number of aliphatic hydroxyl groups is 1. The van der Waals surface area contributed by atoms with E-state index in [1.54, 1.807) is 0 Å². The number of amides is 1. The summed E-state index contributed by atoms with van der Waals surface area (Å²) in [7, 11) is 1.34. The lowest BCUT2D eigenvalue weighted by Crippen LogP contribution is -2.29. The number of β-amino-alcohol motifs (C(OH)–C–C–N with tert-alkyl or cyclic N) is 1. The van der Waals surface area contributed by atoms with Crippen LogP contribution in [-0.4, -0.2) is 42.4 Å². The highest BCUT2D eigenvalue weighted by atomic mass is 16.5. The molecule has 10 heavy (non-hydrogen) atoms. The van der Waals surface area contributed by atoms with Gasteiger partial charge in [0.1, 0.15) is 0 Å². The Labute approximate surface area is 59.4 Å². The van der Waals surface area contributed by atoms with Gasteiger partial charge in [-0.15, -0.1) is 0 Å². The van der Waals surface area contributed by atoms with Gasteiger partial charge >= 0.3 is 6.09 Å². The average molecular weight is 145 g/mol. The summed E-state index contributed by atoms with van der Waals surface area (Å²) in [6.45, 7) is 1.01. The Hall–Kier alpha value is -0.770. The van der Waals surface area contributed by atoms with E-state index in [2.05, 4.69) is 4.74 Å². The van der Waals surface area contributed by atoms with Crippen LogP contribution in [0.25, 0.3) is 0 Å². The maximum atomic E-state index is 10.8. The average Bonchev–Trinajstić information content (AvgIpc) is 2.34. The van der Waals surface area contributed by atoms with Gasteiger partial charge in [0.25, 0.3) is 0 Å². The molecule has 4 nitrogen and oxygen atoms in total. The summed E-state index contributed by atoms with van der Waals surface area (Å²) < 4.78 is 4.46. The SMILES string of the molecule is COC(=O)N1CC[C@@H](O)C1. The van der Waals surface area contributed by atoms with E-state index < -0.39 is 0 Å². The molecule has 1 N–H and O–H groups in total. The number of nitrogens with zero attached hydrogens (tertiary/aromatic N) is 1. The Morgan fingerprint density at radius 2 is 2.50 bits per heavy atom. The molecule has 1 fully saturated rings. The first-order valence-corrected chi connectivity index (χ1v) is 3.25. The van der Waals surface area contributed by atoms with E-state index in [9.17, 15) is 4.79 Å². The molecule has 0 aromatic heterocycles. The second-order valence-corrected chi connectivity index (χ2v) is 2.36. The number of carbonyl (C=O) groups excluding carboxylic acids is 1. The third-order valence-electron chi connectivity index (χ3n) is 1.60. The summed E-state index contributed by atoms with van der Waals surface area (Å²) in [5, 5.41) is 8.99. The molecular weight excluding hydrogens is 134 g/mol. The van der Waals surface area contributed by atoms with Crippen LogP contribution >= 0.6 is 0 Å². The zero-order chi connectivity index (χ0) is 7.56. The zero-order valence-corrected chi connectivity index (χ0v) is 5.91. The predicted octanol–water partition coefficient (Wildman–Crippen LogP) is -0.181. The van der Waals surface area contributed by atoms with Gasteiger partial charge < -0.3 is 14.7 Å². The molecule has 0 bridgehead atoms. The fourth-order valence-electron chi connectivity index (χ4n) is 1.04. The molecule has 0 unspecified atom stereocenters. The van der Waals surface area contributed by atoms with E-state index in [1.807, 2.05) is 0 Å². The van der Waals surface area contributed by atoms with Crippen LogP contribution in [0.15, 0.2) is 0 Å². The predicted molar refractivity (Wildman–Crippen MR) is 34.6 cm³/mol.